The van der Waals surface area contributed by atoms with E-state index in [9.17, 15) is 4.79 Å². The van der Waals surface area contributed by atoms with Crippen LogP contribution in [0.2, 0.25) is 0 Å². The summed E-state index contributed by atoms with van der Waals surface area (Å²) < 4.78 is 0. The Morgan fingerprint density at radius 3 is 2.68 bits per heavy atom. The van der Waals surface area contributed by atoms with E-state index in [4.69, 9.17) is 5.26 Å². The maximum absolute atomic E-state index is 12.2. The molecule has 1 fully saturated rings. The number of carbonyl (C=O) groups excluding carboxylic acids is 1. The van der Waals surface area contributed by atoms with Crippen LogP contribution in [0.1, 0.15) is 38.7 Å². The molecular weight excluding hydrogens is 310 g/mol. The lowest BCUT2D eigenvalue weighted by Gasteiger charge is -2.26. The molecule has 2 N–H and O–H groups in total. The van der Waals surface area contributed by atoms with Crippen molar-refractivity contribution in [3.8, 4) is 6.07 Å². The molecule has 0 bridgehead atoms. The zero-order valence-electron chi connectivity index (χ0n) is 14.9. The third-order valence-corrected chi connectivity index (χ3v) is 5.17. The molecule has 0 heterocycles. The van der Waals surface area contributed by atoms with Gasteiger partial charge >= 0.3 is 6.03 Å². The predicted molar refractivity (Wildman–Crippen MR) is 100 cm³/mol. The lowest BCUT2D eigenvalue weighted by molar-refractivity contribution is 0.234. The van der Waals surface area contributed by atoms with E-state index in [-0.39, 0.29) is 23.4 Å². The van der Waals surface area contributed by atoms with Crippen molar-refractivity contribution in [2.24, 2.45) is 5.92 Å². The maximum atomic E-state index is 12.2. The monoisotopic (exact) mass is 335 g/mol. The van der Waals surface area contributed by atoms with Gasteiger partial charge < -0.3 is 10.6 Å². The summed E-state index contributed by atoms with van der Waals surface area (Å²) in [5, 5.41) is 17.4. The minimum atomic E-state index is -0.160. The average Bonchev–Trinajstić information content (AvgIpc) is 3.07. The van der Waals surface area contributed by atoms with Gasteiger partial charge in [-0.05, 0) is 35.6 Å². The highest BCUT2D eigenvalue weighted by Gasteiger charge is 2.26. The van der Waals surface area contributed by atoms with E-state index >= 15 is 0 Å². The Balaban J connectivity index is 1.59. The zero-order chi connectivity index (χ0) is 17.9. The Morgan fingerprint density at radius 1 is 1.20 bits per heavy atom. The van der Waals surface area contributed by atoms with Crippen molar-refractivity contribution in [3.05, 3.63) is 48.0 Å². The second-order valence-corrected chi connectivity index (χ2v) is 7.61. The molecule has 2 atom stereocenters. The van der Waals surface area contributed by atoms with Crippen molar-refractivity contribution < 1.29 is 4.79 Å². The van der Waals surface area contributed by atoms with Crippen molar-refractivity contribution >= 4 is 16.8 Å². The summed E-state index contributed by atoms with van der Waals surface area (Å²) in [6.07, 6.45) is 2.53. The number of carbonyl (C=O) groups is 1. The minimum Gasteiger partial charge on any atom is -0.337 e. The molecule has 0 aliphatic heterocycles. The molecule has 0 radical (unpaired) electrons. The third kappa shape index (κ3) is 4.11. The molecule has 4 nitrogen and oxygen atoms in total. The first-order chi connectivity index (χ1) is 12.0. The van der Waals surface area contributed by atoms with Gasteiger partial charge in [-0.2, -0.15) is 5.26 Å². The van der Waals surface area contributed by atoms with Crippen LogP contribution in [0.3, 0.4) is 0 Å². The van der Waals surface area contributed by atoms with Gasteiger partial charge in [-0.15, -0.1) is 0 Å². The molecule has 0 unspecified atom stereocenters. The van der Waals surface area contributed by atoms with Gasteiger partial charge in [0.2, 0.25) is 0 Å². The molecule has 2 aromatic carbocycles. The molecule has 1 aliphatic carbocycles. The van der Waals surface area contributed by atoms with E-state index in [0.717, 1.165) is 19.3 Å². The number of fused-ring (bicyclic) bond motifs is 1. The second-order valence-electron chi connectivity index (χ2n) is 7.61. The molecule has 3 rings (SSSR count). The van der Waals surface area contributed by atoms with Gasteiger partial charge in [-0.25, -0.2) is 4.79 Å². The fourth-order valence-corrected chi connectivity index (χ4v) is 3.48. The molecule has 0 saturated heterocycles. The average molecular weight is 335 g/mol. The quantitative estimate of drug-likeness (QED) is 0.883. The molecule has 1 aliphatic rings. The van der Waals surface area contributed by atoms with E-state index < -0.39 is 0 Å². The Bertz CT molecular complexity index is 806. The minimum absolute atomic E-state index is 0.0827. The summed E-state index contributed by atoms with van der Waals surface area (Å²) in [5.41, 5.74) is 1.04. The Morgan fingerprint density at radius 2 is 1.96 bits per heavy atom. The van der Waals surface area contributed by atoms with Crippen molar-refractivity contribution in [2.75, 3.05) is 6.54 Å². The molecule has 130 valence electrons. The normalized spacial score (nSPS) is 20.2. The van der Waals surface area contributed by atoms with Crippen molar-refractivity contribution in [3.63, 3.8) is 0 Å². The second kappa shape index (κ2) is 7.14. The van der Waals surface area contributed by atoms with Crippen LogP contribution >= 0.6 is 0 Å². The lowest BCUT2D eigenvalue weighted by atomic mass is 9.83. The van der Waals surface area contributed by atoms with Crippen LogP contribution in [0.25, 0.3) is 10.8 Å². The van der Waals surface area contributed by atoms with Crippen molar-refractivity contribution in [1.82, 2.24) is 10.6 Å². The van der Waals surface area contributed by atoms with Crippen LogP contribution in [-0.4, -0.2) is 18.6 Å². The van der Waals surface area contributed by atoms with E-state index in [0.29, 0.717) is 6.54 Å². The summed E-state index contributed by atoms with van der Waals surface area (Å²) in [6, 6.07) is 17.0. The van der Waals surface area contributed by atoms with Crippen LogP contribution in [-0.2, 0) is 5.41 Å². The Labute approximate surface area is 149 Å². The van der Waals surface area contributed by atoms with E-state index in [1.165, 1.54) is 16.3 Å². The number of amides is 2. The van der Waals surface area contributed by atoms with Crippen LogP contribution in [0.5, 0.6) is 0 Å². The Kier molecular flexibility index (Phi) is 4.94. The fourth-order valence-electron chi connectivity index (χ4n) is 3.48. The van der Waals surface area contributed by atoms with Crippen molar-refractivity contribution in [2.45, 2.75) is 44.6 Å². The molecule has 2 aromatic rings. The van der Waals surface area contributed by atoms with Crippen LogP contribution < -0.4 is 10.6 Å². The number of hydrogen-bond acceptors (Lipinski definition) is 2. The van der Waals surface area contributed by atoms with Crippen molar-refractivity contribution in [1.29, 1.82) is 5.26 Å². The molecule has 0 spiro atoms. The van der Waals surface area contributed by atoms with E-state index in [1.807, 2.05) is 12.1 Å². The molecule has 25 heavy (non-hydrogen) atoms. The van der Waals surface area contributed by atoms with Gasteiger partial charge in [0.15, 0.2) is 0 Å². The number of rotatable bonds is 4. The highest BCUT2D eigenvalue weighted by Crippen LogP contribution is 2.27. The molecule has 4 heteroatoms. The Hall–Kier alpha value is -2.54. The first-order valence-corrected chi connectivity index (χ1v) is 8.91. The fraction of sp³-hybridized carbons (Fsp3) is 0.429. The molecule has 2 amide bonds. The summed E-state index contributed by atoms with van der Waals surface area (Å²) in [6.45, 7) is 4.84. The maximum Gasteiger partial charge on any atom is 0.315 e. The lowest BCUT2D eigenvalue weighted by Crippen LogP contribution is -2.45. The van der Waals surface area contributed by atoms with Crippen LogP contribution in [0.4, 0.5) is 4.79 Å². The summed E-state index contributed by atoms with van der Waals surface area (Å²) >= 11 is 0. The number of nitriles is 1. The molecule has 1 saturated carbocycles. The summed E-state index contributed by atoms with van der Waals surface area (Å²) in [5.74, 6) is 0.0827. The standard InChI is InChI=1S/C21H25N3O/c1-21(2,18-9-8-16-5-3-4-6-17(16)12-18)14-23-20(25)24-19-10-7-15(11-19)13-22/h3-6,8-9,12,15,19H,7,10-11,14H2,1-2H3,(H2,23,24,25)/t15-,19+/m0/s1. The van der Waals surface area contributed by atoms with Gasteiger partial charge in [0.25, 0.3) is 0 Å². The van der Waals surface area contributed by atoms with Gasteiger partial charge in [-0.3, -0.25) is 0 Å². The number of benzene rings is 2. The van der Waals surface area contributed by atoms with E-state index in [1.54, 1.807) is 0 Å². The first kappa shape index (κ1) is 17.3. The van der Waals surface area contributed by atoms with E-state index in [2.05, 4.69) is 60.9 Å². The first-order valence-electron chi connectivity index (χ1n) is 8.91. The highest BCUT2D eigenvalue weighted by atomic mass is 16.2. The number of urea groups is 1. The largest absolute Gasteiger partial charge is 0.337 e. The van der Waals surface area contributed by atoms with Gasteiger partial charge in [0.1, 0.15) is 0 Å². The number of hydrogen-bond donors (Lipinski definition) is 2. The zero-order valence-corrected chi connectivity index (χ0v) is 14.9. The topological polar surface area (TPSA) is 64.9 Å². The molecular formula is C21H25N3O. The van der Waals surface area contributed by atoms with Gasteiger partial charge in [0, 0.05) is 23.9 Å². The summed E-state index contributed by atoms with van der Waals surface area (Å²) in [4.78, 5) is 12.2. The van der Waals surface area contributed by atoms with Crippen LogP contribution in [0, 0.1) is 17.2 Å². The SMILES string of the molecule is CC(C)(CNC(=O)N[C@@H]1CC[C@H](C#N)C1)c1ccc2ccccc2c1. The third-order valence-electron chi connectivity index (χ3n) is 5.17. The summed E-state index contributed by atoms with van der Waals surface area (Å²) in [7, 11) is 0. The predicted octanol–water partition coefficient (Wildman–Crippen LogP) is 4.11. The van der Waals surface area contributed by atoms with Gasteiger partial charge in [0.05, 0.1) is 6.07 Å². The number of nitrogens with zero attached hydrogens (tertiary/aromatic N) is 1. The highest BCUT2D eigenvalue weighted by molar-refractivity contribution is 5.83. The van der Waals surface area contributed by atoms with Crippen LogP contribution in [0.15, 0.2) is 42.5 Å². The number of nitrogens with one attached hydrogen (secondary N) is 2. The smallest absolute Gasteiger partial charge is 0.315 e. The van der Waals surface area contributed by atoms with Gasteiger partial charge in [-0.1, -0.05) is 56.3 Å². The molecule has 0 aromatic heterocycles.